The molecule has 0 aliphatic rings. The second-order valence-corrected chi connectivity index (χ2v) is 7.19. The highest BCUT2D eigenvalue weighted by atomic mass is 15.3. The van der Waals surface area contributed by atoms with Gasteiger partial charge in [0.1, 0.15) is 5.82 Å². The first kappa shape index (κ1) is 18.1. The van der Waals surface area contributed by atoms with Gasteiger partial charge in [0.05, 0.1) is 5.69 Å². The largest absolute Gasteiger partial charge is 0.370 e. The van der Waals surface area contributed by atoms with Crippen molar-refractivity contribution < 1.29 is 0 Å². The summed E-state index contributed by atoms with van der Waals surface area (Å²) in [7, 11) is 2.02. The van der Waals surface area contributed by atoms with Crippen molar-refractivity contribution >= 4 is 5.82 Å². The second kappa shape index (κ2) is 9.11. The molecular formula is C18H35N3. The zero-order valence-corrected chi connectivity index (χ0v) is 14.8. The van der Waals surface area contributed by atoms with E-state index in [2.05, 4.69) is 44.2 Å². The average molecular weight is 293 g/mol. The van der Waals surface area contributed by atoms with Crippen LogP contribution in [0.5, 0.6) is 0 Å². The molecule has 1 rings (SSSR count). The van der Waals surface area contributed by atoms with Crippen molar-refractivity contribution in [3.8, 4) is 0 Å². The Morgan fingerprint density at radius 3 is 2.10 bits per heavy atom. The zero-order valence-electron chi connectivity index (χ0n) is 14.8. The molecule has 21 heavy (non-hydrogen) atoms. The van der Waals surface area contributed by atoms with Gasteiger partial charge in [0.2, 0.25) is 0 Å². The quantitative estimate of drug-likeness (QED) is 0.595. The van der Waals surface area contributed by atoms with Gasteiger partial charge in [-0.25, -0.2) is 0 Å². The first-order chi connectivity index (χ1) is 9.95. The zero-order chi connectivity index (χ0) is 15.7. The summed E-state index contributed by atoms with van der Waals surface area (Å²) in [6.07, 6.45) is 10.9. The fraction of sp³-hybridized carbons (Fsp3) is 0.833. The minimum absolute atomic E-state index is 0.121. The first-order valence-corrected chi connectivity index (χ1v) is 8.73. The predicted molar refractivity (Wildman–Crippen MR) is 93.0 cm³/mol. The fourth-order valence-corrected chi connectivity index (χ4v) is 2.47. The van der Waals surface area contributed by atoms with E-state index in [0.29, 0.717) is 0 Å². The monoisotopic (exact) mass is 293 g/mol. The molecule has 0 spiro atoms. The summed E-state index contributed by atoms with van der Waals surface area (Å²) in [5.74, 6) is 1.14. The Morgan fingerprint density at radius 2 is 1.57 bits per heavy atom. The summed E-state index contributed by atoms with van der Waals surface area (Å²) in [5.41, 5.74) is 1.28. The molecule has 0 fully saturated rings. The minimum Gasteiger partial charge on any atom is -0.370 e. The molecule has 0 aliphatic carbocycles. The highest BCUT2D eigenvalue weighted by Gasteiger charge is 2.18. The van der Waals surface area contributed by atoms with E-state index < -0.39 is 0 Å². The van der Waals surface area contributed by atoms with Gasteiger partial charge >= 0.3 is 0 Å². The number of hydrogen-bond donors (Lipinski definition) is 1. The van der Waals surface area contributed by atoms with E-state index in [1.165, 1.54) is 51.4 Å². The maximum absolute atomic E-state index is 4.59. The van der Waals surface area contributed by atoms with Crippen molar-refractivity contribution in [1.82, 2.24) is 9.78 Å². The SMILES string of the molecule is CCCCCCCCCCNc1cc(C(C)(C)C)nn1C. The molecule has 0 aliphatic heterocycles. The molecule has 1 heterocycles. The van der Waals surface area contributed by atoms with Crippen LogP contribution in [-0.2, 0) is 12.5 Å². The van der Waals surface area contributed by atoms with Crippen molar-refractivity contribution in [2.45, 2.75) is 84.5 Å². The summed E-state index contributed by atoms with van der Waals surface area (Å²) in [5, 5.41) is 8.11. The lowest BCUT2D eigenvalue weighted by molar-refractivity contribution is 0.553. The molecule has 0 unspecified atom stereocenters. The highest BCUT2D eigenvalue weighted by Crippen LogP contribution is 2.23. The van der Waals surface area contributed by atoms with Gasteiger partial charge < -0.3 is 5.32 Å². The molecule has 3 nitrogen and oxygen atoms in total. The standard InChI is InChI=1S/C18H35N3/c1-6-7-8-9-10-11-12-13-14-19-17-15-16(18(2,3)4)20-21(17)5/h15,19H,6-14H2,1-5H3. The Labute approximate surface area is 131 Å². The number of nitrogens with zero attached hydrogens (tertiary/aromatic N) is 2. The molecule has 0 amide bonds. The van der Waals surface area contributed by atoms with Gasteiger partial charge in [0.15, 0.2) is 0 Å². The number of hydrogen-bond acceptors (Lipinski definition) is 2. The van der Waals surface area contributed by atoms with Crippen molar-refractivity contribution in [2.24, 2.45) is 7.05 Å². The van der Waals surface area contributed by atoms with Crippen LogP contribution in [0, 0.1) is 0 Å². The molecule has 1 aromatic heterocycles. The van der Waals surface area contributed by atoms with E-state index in [1.807, 2.05) is 11.7 Å². The number of anilines is 1. The van der Waals surface area contributed by atoms with E-state index >= 15 is 0 Å². The molecule has 3 heteroatoms. The summed E-state index contributed by atoms with van der Waals surface area (Å²) in [6, 6.07) is 2.19. The van der Waals surface area contributed by atoms with Gasteiger partial charge in [-0.3, -0.25) is 4.68 Å². The van der Waals surface area contributed by atoms with E-state index in [1.54, 1.807) is 0 Å². The summed E-state index contributed by atoms with van der Waals surface area (Å²) in [4.78, 5) is 0. The van der Waals surface area contributed by atoms with Crippen LogP contribution < -0.4 is 5.32 Å². The normalized spacial score (nSPS) is 11.9. The van der Waals surface area contributed by atoms with Crippen LogP contribution in [0.4, 0.5) is 5.82 Å². The molecule has 1 aromatic rings. The Balaban J connectivity index is 2.14. The molecule has 1 N–H and O–H groups in total. The number of nitrogens with one attached hydrogen (secondary N) is 1. The van der Waals surface area contributed by atoms with Gasteiger partial charge in [-0.1, -0.05) is 72.6 Å². The molecule has 0 saturated heterocycles. The summed E-state index contributed by atoms with van der Waals surface area (Å²) >= 11 is 0. The number of aryl methyl sites for hydroxylation is 1. The second-order valence-electron chi connectivity index (χ2n) is 7.19. The lowest BCUT2D eigenvalue weighted by atomic mass is 9.92. The molecule has 0 saturated carbocycles. The van der Waals surface area contributed by atoms with E-state index in [0.717, 1.165) is 18.1 Å². The molecule has 0 aromatic carbocycles. The smallest absolute Gasteiger partial charge is 0.124 e. The highest BCUT2D eigenvalue weighted by molar-refractivity contribution is 5.38. The Morgan fingerprint density at radius 1 is 1.00 bits per heavy atom. The molecule has 122 valence electrons. The van der Waals surface area contributed by atoms with Crippen molar-refractivity contribution in [3.63, 3.8) is 0 Å². The van der Waals surface area contributed by atoms with Crippen molar-refractivity contribution in [3.05, 3.63) is 11.8 Å². The van der Waals surface area contributed by atoms with Gasteiger partial charge in [0.25, 0.3) is 0 Å². The molecule has 0 radical (unpaired) electrons. The molecule has 0 bridgehead atoms. The van der Waals surface area contributed by atoms with Crippen LogP contribution in [0.25, 0.3) is 0 Å². The van der Waals surface area contributed by atoms with Crippen molar-refractivity contribution in [1.29, 1.82) is 0 Å². The topological polar surface area (TPSA) is 29.9 Å². The van der Waals surface area contributed by atoms with Crippen LogP contribution in [0.1, 0.15) is 84.8 Å². The fourth-order valence-electron chi connectivity index (χ4n) is 2.47. The lowest BCUT2D eigenvalue weighted by Crippen LogP contribution is -2.12. The number of unbranched alkanes of at least 4 members (excludes halogenated alkanes) is 7. The van der Waals surface area contributed by atoms with E-state index in [4.69, 9.17) is 0 Å². The summed E-state index contributed by atoms with van der Waals surface area (Å²) in [6.45, 7) is 9.94. The molecular weight excluding hydrogens is 258 g/mol. The third-order valence-electron chi connectivity index (χ3n) is 3.98. The Kier molecular flexibility index (Phi) is 7.84. The minimum atomic E-state index is 0.121. The summed E-state index contributed by atoms with van der Waals surface area (Å²) < 4.78 is 1.96. The van der Waals surface area contributed by atoms with Crippen LogP contribution in [0.2, 0.25) is 0 Å². The van der Waals surface area contributed by atoms with Gasteiger partial charge in [0, 0.05) is 25.1 Å². The third-order valence-corrected chi connectivity index (χ3v) is 3.98. The van der Waals surface area contributed by atoms with Crippen molar-refractivity contribution in [2.75, 3.05) is 11.9 Å². The van der Waals surface area contributed by atoms with Gasteiger partial charge in [-0.2, -0.15) is 5.10 Å². The number of rotatable bonds is 10. The van der Waals surface area contributed by atoms with Crippen LogP contribution in [0.3, 0.4) is 0 Å². The maximum atomic E-state index is 4.59. The third kappa shape index (κ3) is 7.01. The first-order valence-electron chi connectivity index (χ1n) is 8.73. The van der Waals surface area contributed by atoms with Gasteiger partial charge in [-0.15, -0.1) is 0 Å². The molecule has 0 atom stereocenters. The predicted octanol–water partition coefficient (Wildman–Crippen LogP) is 5.27. The number of aromatic nitrogens is 2. The van der Waals surface area contributed by atoms with Gasteiger partial charge in [-0.05, 0) is 6.42 Å². The Hall–Kier alpha value is -0.990. The maximum Gasteiger partial charge on any atom is 0.124 e. The van der Waals surface area contributed by atoms with Crippen LogP contribution in [-0.4, -0.2) is 16.3 Å². The average Bonchev–Trinajstić information content (AvgIpc) is 2.78. The van der Waals surface area contributed by atoms with Crippen LogP contribution >= 0.6 is 0 Å². The lowest BCUT2D eigenvalue weighted by Gasteiger charge is -2.13. The van der Waals surface area contributed by atoms with E-state index in [-0.39, 0.29) is 5.41 Å². The van der Waals surface area contributed by atoms with E-state index in [9.17, 15) is 0 Å². The Bertz CT molecular complexity index is 388. The van der Waals surface area contributed by atoms with Crippen LogP contribution in [0.15, 0.2) is 6.07 Å².